The first-order chi connectivity index (χ1) is 12.8. The molecule has 1 aliphatic heterocycles. The number of fused-ring (bicyclic) bond motifs is 1. The molecule has 8 heteroatoms. The van der Waals surface area contributed by atoms with Gasteiger partial charge in [-0.2, -0.15) is 0 Å². The number of benzene rings is 1. The Labute approximate surface area is 180 Å². The molecular formula is C19H25IN6S. The number of guanidine groups is 1. The third-order valence-electron chi connectivity index (χ3n) is 4.70. The van der Waals surface area contributed by atoms with Crippen LogP contribution in [0, 0.1) is 0 Å². The normalized spacial score (nSPS) is 15.7. The van der Waals surface area contributed by atoms with E-state index in [9.17, 15) is 0 Å². The predicted molar refractivity (Wildman–Crippen MR) is 122 cm³/mol. The zero-order valence-electron chi connectivity index (χ0n) is 15.4. The summed E-state index contributed by atoms with van der Waals surface area (Å²) in [6.45, 7) is 5.80. The Bertz CT molecular complexity index is 838. The quantitative estimate of drug-likeness (QED) is 0.343. The summed E-state index contributed by atoms with van der Waals surface area (Å²) in [5.74, 6) is 0.959. The molecular weight excluding hydrogens is 471 g/mol. The molecule has 0 amide bonds. The van der Waals surface area contributed by atoms with Crippen LogP contribution in [0.15, 0.2) is 53.1 Å². The van der Waals surface area contributed by atoms with Crippen LogP contribution < -0.4 is 5.32 Å². The van der Waals surface area contributed by atoms with Gasteiger partial charge in [-0.15, -0.1) is 35.3 Å². The first-order valence-electron chi connectivity index (χ1n) is 8.95. The maximum atomic E-state index is 4.62. The van der Waals surface area contributed by atoms with E-state index in [1.165, 1.54) is 5.56 Å². The van der Waals surface area contributed by atoms with Crippen molar-refractivity contribution in [3.63, 3.8) is 0 Å². The van der Waals surface area contributed by atoms with Gasteiger partial charge in [0.25, 0.3) is 0 Å². The summed E-state index contributed by atoms with van der Waals surface area (Å²) in [5.41, 5.74) is 2.42. The van der Waals surface area contributed by atoms with Crippen molar-refractivity contribution in [3.05, 3.63) is 59.4 Å². The highest BCUT2D eigenvalue weighted by Gasteiger charge is 2.19. The van der Waals surface area contributed by atoms with Crippen molar-refractivity contribution in [1.82, 2.24) is 24.5 Å². The highest BCUT2D eigenvalue weighted by atomic mass is 127. The van der Waals surface area contributed by atoms with Gasteiger partial charge >= 0.3 is 0 Å². The van der Waals surface area contributed by atoms with Gasteiger partial charge in [0.1, 0.15) is 0 Å². The highest BCUT2D eigenvalue weighted by molar-refractivity contribution is 14.0. The lowest BCUT2D eigenvalue weighted by molar-refractivity contribution is 0.172. The van der Waals surface area contributed by atoms with Gasteiger partial charge < -0.3 is 10.2 Å². The number of thiazole rings is 1. The molecule has 1 saturated heterocycles. The SMILES string of the molecule is CN=C(NCc1cn2ccsc2n1)N1CCN(Cc2ccccc2)CC1.I. The van der Waals surface area contributed by atoms with Crippen molar-refractivity contribution < 1.29 is 0 Å². The van der Waals surface area contributed by atoms with E-state index in [1.807, 2.05) is 18.6 Å². The zero-order chi connectivity index (χ0) is 17.8. The van der Waals surface area contributed by atoms with Crippen molar-refractivity contribution in [2.24, 2.45) is 4.99 Å². The number of nitrogens with zero attached hydrogens (tertiary/aromatic N) is 5. The average Bonchev–Trinajstić information content (AvgIpc) is 3.26. The molecule has 0 atom stereocenters. The van der Waals surface area contributed by atoms with Gasteiger partial charge in [0.15, 0.2) is 10.9 Å². The molecule has 27 heavy (non-hydrogen) atoms. The monoisotopic (exact) mass is 496 g/mol. The molecule has 1 N–H and O–H groups in total. The number of hydrogen-bond acceptors (Lipinski definition) is 4. The first-order valence-corrected chi connectivity index (χ1v) is 9.83. The molecule has 2 aromatic heterocycles. The predicted octanol–water partition coefficient (Wildman–Crippen LogP) is 2.91. The van der Waals surface area contributed by atoms with Gasteiger partial charge in [-0.25, -0.2) is 4.98 Å². The fraction of sp³-hybridized carbons (Fsp3) is 0.368. The molecule has 3 aromatic rings. The lowest BCUT2D eigenvalue weighted by Gasteiger charge is -2.36. The second-order valence-electron chi connectivity index (χ2n) is 6.47. The molecule has 0 saturated carbocycles. The number of halogens is 1. The Balaban J connectivity index is 0.00000210. The van der Waals surface area contributed by atoms with Crippen LogP contribution in [0.3, 0.4) is 0 Å². The molecule has 6 nitrogen and oxygen atoms in total. The molecule has 1 aliphatic rings. The van der Waals surface area contributed by atoms with Gasteiger partial charge in [0.05, 0.1) is 12.2 Å². The second-order valence-corrected chi connectivity index (χ2v) is 7.35. The van der Waals surface area contributed by atoms with Crippen molar-refractivity contribution in [2.75, 3.05) is 33.2 Å². The van der Waals surface area contributed by atoms with Gasteiger partial charge in [-0.1, -0.05) is 30.3 Å². The summed E-state index contributed by atoms with van der Waals surface area (Å²) in [5, 5.41) is 5.51. The van der Waals surface area contributed by atoms with Crippen LogP contribution in [0.5, 0.6) is 0 Å². The van der Waals surface area contributed by atoms with E-state index in [0.29, 0.717) is 6.54 Å². The summed E-state index contributed by atoms with van der Waals surface area (Å²) in [4.78, 5) is 14.9. The molecule has 0 aliphatic carbocycles. The molecule has 144 valence electrons. The third kappa shape index (κ3) is 4.99. The minimum atomic E-state index is 0. The molecule has 0 radical (unpaired) electrons. The van der Waals surface area contributed by atoms with E-state index in [0.717, 1.165) is 49.3 Å². The van der Waals surface area contributed by atoms with Gasteiger partial charge in [-0.05, 0) is 5.56 Å². The fourth-order valence-corrected chi connectivity index (χ4v) is 4.04. The molecule has 1 aromatic carbocycles. The third-order valence-corrected chi connectivity index (χ3v) is 5.47. The lowest BCUT2D eigenvalue weighted by Crippen LogP contribution is -2.52. The number of imidazole rings is 1. The Kier molecular flexibility index (Phi) is 7.08. The van der Waals surface area contributed by atoms with E-state index in [4.69, 9.17) is 0 Å². The minimum absolute atomic E-state index is 0. The van der Waals surface area contributed by atoms with E-state index in [-0.39, 0.29) is 24.0 Å². The molecule has 0 unspecified atom stereocenters. The maximum absolute atomic E-state index is 4.62. The van der Waals surface area contributed by atoms with Crippen LogP contribution in [0.1, 0.15) is 11.3 Å². The second kappa shape index (κ2) is 9.52. The summed E-state index contributed by atoms with van der Waals surface area (Å²) in [6.07, 6.45) is 4.11. The lowest BCUT2D eigenvalue weighted by atomic mass is 10.2. The fourth-order valence-electron chi connectivity index (χ4n) is 3.32. The smallest absolute Gasteiger partial charge is 0.194 e. The number of nitrogens with one attached hydrogen (secondary N) is 1. The van der Waals surface area contributed by atoms with Gasteiger partial charge in [-0.3, -0.25) is 14.3 Å². The van der Waals surface area contributed by atoms with E-state index < -0.39 is 0 Å². The Morgan fingerprint density at radius 1 is 1.19 bits per heavy atom. The summed E-state index contributed by atoms with van der Waals surface area (Å²) in [7, 11) is 1.85. The molecule has 4 rings (SSSR count). The van der Waals surface area contributed by atoms with E-state index >= 15 is 0 Å². The minimum Gasteiger partial charge on any atom is -0.351 e. The standard InChI is InChI=1S/C19H24N6S.HI/c1-20-18(21-13-17-15-25-11-12-26-19(25)22-17)24-9-7-23(8-10-24)14-16-5-3-2-4-6-16;/h2-6,11-12,15H,7-10,13-14H2,1H3,(H,20,21);1H. The van der Waals surface area contributed by atoms with E-state index in [1.54, 1.807) is 11.3 Å². The summed E-state index contributed by atoms with van der Waals surface area (Å²) >= 11 is 1.65. The molecule has 0 spiro atoms. The van der Waals surface area contributed by atoms with Crippen LogP contribution in [0.25, 0.3) is 4.96 Å². The topological polar surface area (TPSA) is 48.2 Å². The van der Waals surface area contributed by atoms with Crippen LogP contribution in [-0.4, -0.2) is 58.4 Å². The number of aromatic nitrogens is 2. The highest BCUT2D eigenvalue weighted by Crippen LogP contribution is 2.12. The van der Waals surface area contributed by atoms with Gasteiger partial charge in [0, 0.05) is 57.5 Å². The largest absolute Gasteiger partial charge is 0.351 e. The van der Waals surface area contributed by atoms with Gasteiger partial charge in [0.2, 0.25) is 0 Å². The Morgan fingerprint density at radius 2 is 1.96 bits per heavy atom. The van der Waals surface area contributed by atoms with E-state index in [2.05, 4.69) is 66.0 Å². The Hall–Kier alpha value is -1.65. The number of rotatable bonds is 4. The van der Waals surface area contributed by atoms with Crippen molar-refractivity contribution >= 4 is 46.2 Å². The van der Waals surface area contributed by atoms with Crippen molar-refractivity contribution in [2.45, 2.75) is 13.1 Å². The molecule has 1 fully saturated rings. The van der Waals surface area contributed by atoms with Crippen molar-refractivity contribution in [1.29, 1.82) is 0 Å². The van der Waals surface area contributed by atoms with Crippen molar-refractivity contribution in [3.8, 4) is 0 Å². The summed E-state index contributed by atoms with van der Waals surface area (Å²) in [6, 6.07) is 10.7. The first kappa shape index (κ1) is 20.1. The van der Waals surface area contributed by atoms with Crippen LogP contribution in [0.2, 0.25) is 0 Å². The summed E-state index contributed by atoms with van der Waals surface area (Å²) < 4.78 is 2.06. The number of aliphatic imine (C=N–C) groups is 1. The zero-order valence-corrected chi connectivity index (χ0v) is 18.6. The van der Waals surface area contributed by atoms with Crippen LogP contribution in [0.4, 0.5) is 0 Å². The Morgan fingerprint density at radius 3 is 2.67 bits per heavy atom. The molecule has 3 heterocycles. The molecule has 0 bridgehead atoms. The average molecular weight is 496 g/mol. The number of hydrogen-bond donors (Lipinski definition) is 1. The van der Waals surface area contributed by atoms with Crippen LogP contribution >= 0.6 is 35.3 Å². The maximum Gasteiger partial charge on any atom is 0.194 e. The van der Waals surface area contributed by atoms with Crippen LogP contribution in [-0.2, 0) is 13.1 Å². The number of piperazine rings is 1.